The third-order valence-corrected chi connectivity index (χ3v) is 3.70. The molecule has 0 bridgehead atoms. The van der Waals surface area contributed by atoms with Gasteiger partial charge in [-0.05, 0) is 43.9 Å². The van der Waals surface area contributed by atoms with Gasteiger partial charge in [-0.15, -0.1) is 0 Å². The number of aromatic nitrogens is 1. The summed E-state index contributed by atoms with van der Waals surface area (Å²) in [6, 6.07) is 5.03. The number of hydrogen-bond acceptors (Lipinski definition) is 2. The predicted molar refractivity (Wildman–Crippen MR) is 72.2 cm³/mol. The zero-order chi connectivity index (χ0) is 12.1. The van der Waals surface area contributed by atoms with Gasteiger partial charge in [0.2, 0.25) is 0 Å². The summed E-state index contributed by atoms with van der Waals surface area (Å²) in [6.45, 7) is 5.54. The minimum absolute atomic E-state index is 0.533. The van der Waals surface area contributed by atoms with Crippen LogP contribution in [0, 0.1) is 0 Å². The lowest BCUT2D eigenvalue weighted by Crippen LogP contribution is -2.22. The maximum Gasteiger partial charge on any atom is 0.0451 e. The van der Waals surface area contributed by atoms with Crippen LogP contribution in [0.3, 0.4) is 0 Å². The van der Waals surface area contributed by atoms with E-state index in [-0.39, 0.29) is 0 Å². The first kappa shape index (κ1) is 12.6. The smallest absolute Gasteiger partial charge is 0.0451 e. The SMILES string of the molecule is CCc1ccc(C2CCCCCN2)c(CC)n1. The lowest BCUT2D eigenvalue weighted by Gasteiger charge is -2.19. The Hall–Kier alpha value is -0.890. The molecule has 1 aliphatic heterocycles. The van der Waals surface area contributed by atoms with E-state index in [0.29, 0.717) is 6.04 Å². The van der Waals surface area contributed by atoms with Crippen molar-refractivity contribution in [2.75, 3.05) is 6.54 Å². The quantitative estimate of drug-likeness (QED) is 0.864. The largest absolute Gasteiger partial charge is 0.310 e. The van der Waals surface area contributed by atoms with Gasteiger partial charge in [0, 0.05) is 17.4 Å². The first-order valence-corrected chi connectivity index (χ1v) is 7.07. The molecule has 1 unspecified atom stereocenters. The average Bonchev–Trinajstić information content (AvgIpc) is 2.66. The normalized spacial score (nSPS) is 21.2. The van der Waals surface area contributed by atoms with Crippen LogP contribution in [0.15, 0.2) is 12.1 Å². The van der Waals surface area contributed by atoms with Crippen LogP contribution in [0.4, 0.5) is 0 Å². The topological polar surface area (TPSA) is 24.9 Å². The van der Waals surface area contributed by atoms with Crippen molar-refractivity contribution in [2.45, 2.75) is 58.4 Å². The Balaban J connectivity index is 2.23. The highest BCUT2D eigenvalue weighted by Gasteiger charge is 2.17. The number of hydrogen-bond donors (Lipinski definition) is 1. The van der Waals surface area contributed by atoms with Crippen molar-refractivity contribution >= 4 is 0 Å². The van der Waals surface area contributed by atoms with Gasteiger partial charge in [-0.2, -0.15) is 0 Å². The van der Waals surface area contributed by atoms with Crippen LogP contribution in [0.5, 0.6) is 0 Å². The molecule has 1 fully saturated rings. The van der Waals surface area contributed by atoms with Crippen molar-refractivity contribution in [1.29, 1.82) is 0 Å². The Kier molecular flexibility index (Phi) is 4.55. The van der Waals surface area contributed by atoms with Crippen molar-refractivity contribution in [2.24, 2.45) is 0 Å². The van der Waals surface area contributed by atoms with Gasteiger partial charge in [0.1, 0.15) is 0 Å². The summed E-state index contributed by atoms with van der Waals surface area (Å²) in [7, 11) is 0. The average molecular weight is 232 g/mol. The van der Waals surface area contributed by atoms with Gasteiger partial charge in [0.15, 0.2) is 0 Å². The van der Waals surface area contributed by atoms with E-state index in [0.717, 1.165) is 19.4 Å². The fourth-order valence-electron chi connectivity index (χ4n) is 2.65. The van der Waals surface area contributed by atoms with Crippen molar-refractivity contribution < 1.29 is 0 Å². The molecule has 1 aromatic rings. The fourth-order valence-corrected chi connectivity index (χ4v) is 2.65. The monoisotopic (exact) mass is 232 g/mol. The number of nitrogens with one attached hydrogen (secondary N) is 1. The predicted octanol–water partition coefficient (Wildman–Crippen LogP) is 3.41. The van der Waals surface area contributed by atoms with Gasteiger partial charge in [0.05, 0.1) is 0 Å². The Morgan fingerprint density at radius 3 is 2.82 bits per heavy atom. The molecule has 0 saturated carbocycles. The highest BCUT2D eigenvalue weighted by atomic mass is 14.9. The maximum atomic E-state index is 4.78. The van der Waals surface area contributed by atoms with Crippen molar-refractivity contribution in [3.63, 3.8) is 0 Å². The Bertz CT molecular complexity index is 352. The van der Waals surface area contributed by atoms with Crippen LogP contribution in [0.2, 0.25) is 0 Å². The zero-order valence-electron chi connectivity index (χ0n) is 11.1. The lowest BCUT2D eigenvalue weighted by molar-refractivity contribution is 0.528. The molecule has 1 saturated heterocycles. The molecule has 0 spiro atoms. The van der Waals surface area contributed by atoms with Gasteiger partial charge >= 0.3 is 0 Å². The molecule has 1 atom stereocenters. The minimum Gasteiger partial charge on any atom is -0.310 e. The number of nitrogens with zero attached hydrogens (tertiary/aromatic N) is 1. The summed E-state index contributed by atoms with van der Waals surface area (Å²) in [6.07, 6.45) is 7.37. The van der Waals surface area contributed by atoms with E-state index >= 15 is 0 Å². The van der Waals surface area contributed by atoms with E-state index in [2.05, 4.69) is 31.3 Å². The summed E-state index contributed by atoms with van der Waals surface area (Å²) < 4.78 is 0. The molecule has 0 aromatic carbocycles. The number of pyridine rings is 1. The third-order valence-electron chi connectivity index (χ3n) is 3.70. The van der Waals surface area contributed by atoms with Crippen LogP contribution < -0.4 is 5.32 Å². The van der Waals surface area contributed by atoms with Crippen LogP contribution in [0.25, 0.3) is 0 Å². The molecule has 0 radical (unpaired) electrons. The van der Waals surface area contributed by atoms with Crippen molar-refractivity contribution in [3.05, 3.63) is 29.1 Å². The molecule has 1 aliphatic rings. The molecular formula is C15H24N2. The Labute approximate surface area is 105 Å². The maximum absolute atomic E-state index is 4.78. The second-order valence-corrected chi connectivity index (χ2v) is 4.90. The third kappa shape index (κ3) is 3.06. The van der Waals surface area contributed by atoms with E-state index in [4.69, 9.17) is 4.98 Å². The molecule has 2 heterocycles. The molecule has 1 aromatic heterocycles. The molecule has 17 heavy (non-hydrogen) atoms. The standard InChI is InChI=1S/C15H24N2/c1-3-12-9-10-13(14(4-2)17-12)15-8-6-5-7-11-16-15/h9-10,15-16H,3-8,11H2,1-2H3. The summed E-state index contributed by atoms with van der Waals surface area (Å²) in [5, 5.41) is 3.67. The van der Waals surface area contributed by atoms with Gasteiger partial charge in [0.25, 0.3) is 0 Å². The van der Waals surface area contributed by atoms with Gasteiger partial charge in [-0.1, -0.05) is 32.8 Å². The summed E-state index contributed by atoms with van der Waals surface area (Å²) in [5.41, 5.74) is 3.95. The van der Waals surface area contributed by atoms with Crippen molar-refractivity contribution in [1.82, 2.24) is 10.3 Å². The van der Waals surface area contributed by atoms with Crippen LogP contribution in [0.1, 0.15) is 62.5 Å². The molecule has 0 aliphatic carbocycles. The van der Waals surface area contributed by atoms with Crippen LogP contribution in [-0.4, -0.2) is 11.5 Å². The Morgan fingerprint density at radius 1 is 1.18 bits per heavy atom. The van der Waals surface area contributed by atoms with E-state index < -0.39 is 0 Å². The number of rotatable bonds is 3. The van der Waals surface area contributed by atoms with E-state index in [1.807, 2.05) is 0 Å². The molecule has 2 rings (SSSR count). The summed E-state index contributed by atoms with van der Waals surface area (Å²) in [4.78, 5) is 4.78. The lowest BCUT2D eigenvalue weighted by atomic mass is 9.98. The second-order valence-electron chi connectivity index (χ2n) is 4.90. The summed E-state index contributed by atoms with van der Waals surface area (Å²) >= 11 is 0. The van der Waals surface area contributed by atoms with E-state index in [1.165, 1.54) is 42.6 Å². The summed E-state index contributed by atoms with van der Waals surface area (Å²) in [5.74, 6) is 0. The highest BCUT2D eigenvalue weighted by Crippen LogP contribution is 2.25. The molecule has 94 valence electrons. The minimum atomic E-state index is 0.533. The highest BCUT2D eigenvalue weighted by molar-refractivity contribution is 5.26. The fraction of sp³-hybridized carbons (Fsp3) is 0.667. The van der Waals surface area contributed by atoms with E-state index in [9.17, 15) is 0 Å². The Morgan fingerprint density at radius 2 is 2.06 bits per heavy atom. The van der Waals surface area contributed by atoms with Gasteiger partial charge in [-0.3, -0.25) is 4.98 Å². The van der Waals surface area contributed by atoms with Crippen LogP contribution >= 0.6 is 0 Å². The second kappa shape index (κ2) is 6.15. The number of aryl methyl sites for hydroxylation is 2. The zero-order valence-corrected chi connectivity index (χ0v) is 11.1. The van der Waals surface area contributed by atoms with Gasteiger partial charge in [-0.25, -0.2) is 0 Å². The first-order chi connectivity index (χ1) is 8.35. The van der Waals surface area contributed by atoms with Gasteiger partial charge < -0.3 is 5.32 Å². The molecule has 0 amide bonds. The van der Waals surface area contributed by atoms with Crippen molar-refractivity contribution in [3.8, 4) is 0 Å². The first-order valence-electron chi connectivity index (χ1n) is 7.07. The van der Waals surface area contributed by atoms with E-state index in [1.54, 1.807) is 0 Å². The molecule has 2 nitrogen and oxygen atoms in total. The molecular weight excluding hydrogens is 208 g/mol. The van der Waals surface area contributed by atoms with Crippen LogP contribution in [-0.2, 0) is 12.8 Å². The molecule has 1 N–H and O–H groups in total. The molecule has 2 heteroatoms.